The molecule has 0 fully saturated rings. The number of benzene rings is 1. The van der Waals surface area contributed by atoms with Crippen molar-refractivity contribution < 1.29 is 19.1 Å². The molecule has 0 aliphatic heterocycles. The van der Waals surface area contributed by atoms with Gasteiger partial charge in [-0.25, -0.2) is 9.59 Å². The van der Waals surface area contributed by atoms with E-state index in [0.29, 0.717) is 17.8 Å². The molecule has 0 aliphatic carbocycles. The maximum atomic E-state index is 11.5. The summed E-state index contributed by atoms with van der Waals surface area (Å²) in [4.78, 5) is 33.7. The Morgan fingerprint density at radius 2 is 1.91 bits per heavy atom. The molecule has 0 radical (unpaired) electrons. The molecule has 0 saturated heterocycles. The lowest BCUT2D eigenvalue weighted by Crippen LogP contribution is -2.35. The fraction of sp³-hybridized carbons (Fsp3) is 0.467. The highest BCUT2D eigenvalue weighted by atomic mass is 16.6. The van der Waals surface area contributed by atoms with E-state index in [9.17, 15) is 14.5 Å². The van der Waals surface area contributed by atoms with Crippen LogP contribution in [0.15, 0.2) is 23.4 Å². The number of anilines is 1. The molecule has 1 rings (SSSR count). The molecular weight excluding hydrogens is 302 g/mol. The summed E-state index contributed by atoms with van der Waals surface area (Å²) in [5.41, 5.74) is 0.271. The molecule has 8 heteroatoms. The molecule has 1 amide bonds. The van der Waals surface area contributed by atoms with Crippen molar-refractivity contribution in [1.29, 1.82) is 0 Å². The minimum absolute atomic E-state index is 0.162. The number of hydrogen-bond acceptors (Lipinski definition) is 7. The van der Waals surface area contributed by atoms with Crippen molar-refractivity contribution >= 4 is 23.4 Å². The number of amides is 1. The highest BCUT2D eigenvalue weighted by Gasteiger charge is 2.15. The van der Waals surface area contributed by atoms with Crippen molar-refractivity contribution in [1.82, 2.24) is 5.32 Å². The first-order valence-corrected chi connectivity index (χ1v) is 7.03. The zero-order chi connectivity index (χ0) is 17.5. The van der Waals surface area contributed by atoms with Crippen LogP contribution in [-0.4, -0.2) is 37.9 Å². The number of methoxy groups -OCH3 is 1. The third kappa shape index (κ3) is 6.33. The molecule has 0 aliphatic rings. The SMILES string of the molecule is COC(=O)c1ccc(N=O)c(NCCNC(=O)OC(C)(C)C)c1. The second-order valence-corrected chi connectivity index (χ2v) is 5.67. The standard InChI is InChI=1S/C15H21N3O5/c1-15(2,3)23-14(20)17-8-7-16-12-9-10(13(19)22-4)5-6-11(12)18-21/h5-6,9,16H,7-8H2,1-4H3,(H,17,20). The fourth-order valence-corrected chi connectivity index (χ4v) is 1.68. The molecular formula is C15H21N3O5. The molecule has 23 heavy (non-hydrogen) atoms. The van der Waals surface area contributed by atoms with Crippen LogP contribution in [0, 0.1) is 4.91 Å². The van der Waals surface area contributed by atoms with Gasteiger partial charge in [-0.1, -0.05) is 0 Å². The Balaban J connectivity index is 2.58. The zero-order valence-electron chi connectivity index (χ0n) is 13.6. The lowest BCUT2D eigenvalue weighted by molar-refractivity contribution is 0.0528. The molecule has 0 atom stereocenters. The number of nitrogens with one attached hydrogen (secondary N) is 2. The van der Waals surface area contributed by atoms with E-state index >= 15 is 0 Å². The molecule has 126 valence electrons. The monoisotopic (exact) mass is 323 g/mol. The number of nitroso groups, excluding NO2 is 1. The normalized spacial score (nSPS) is 10.6. The van der Waals surface area contributed by atoms with Gasteiger partial charge in [-0.2, -0.15) is 0 Å². The Kier molecular flexibility index (Phi) is 6.49. The smallest absolute Gasteiger partial charge is 0.407 e. The average molecular weight is 323 g/mol. The van der Waals surface area contributed by atoms with Gasteiger partial charge < -0.3 is 20.1 Å². The van der Waals surface area contributed by atoms with Crippen LogP contribution in [0.2, 0.25) is 0 Å². The second kappa shape index (κ2) is 8.11. The molecule has 0 bridgehead atoms. The van der Waals surface area contributed by atoms with Crippen LogP contribution in [0.5, 0.6) is 0 Å². The highest BCUT2D eigenvalue weighted by molar-refractivity contribution is 5.91. The Morgan fingerprint density at radius 1 is 1.22 bits per heavy atom. The summed E-state index contributed by atoms with van der Waals surface area (Å²) in [6.45, 7) is 5.91. The lowest BCUT2D eigenvalue weighted by Gasteiger charge is -2.19. The van der Waals surface area contributed by atoms with Crippen LogP contribution in [0.25, 0.3) is 0 Å². The quantitative estimate of drug-likeness (QED) is 0.473. The molecule has 2 N–H and O–H groups in total. The van der Waals surface area contributed by atoms with E-state index in [4.69, 9.17) is 4.74 Å². The van der Waals surface area contributed by atoms with Crippen molar-refractivity contribution in [2.24, 2.45) is 5.18 Å². The summed E-state index contributed by atoms with van der Waals surface area (Å²) < 4.78 is 9.71. The summed E-state index contributed by atoms with van der Waals surface area (Å²) in [6.07, 6.45) is -0.531. The van der Waals surface area contributed by atoms with Gasteiger partial charge in [-0.05, 0) is 44.1 Å². The van der Waals surface area contributed by atoms with Gasteiger partial charge in [0.15, 0.2) is 0 Å². The predicted molar refractivity (Wildman–Crippen MR) is 86.0 cm³/mol. The molecule has 0 unspecified atom stereocenters. The lowest BCUT2D eigenvalue weighted by atomic mass is 10.1. The van der Waals surface area contributed by atoms with Crippen molar-refractivity contribution in [2.45, 2.75) is 26.4 Å². The summed E-state index contributed by atoms with van der Waals surface area (Å²) >= 11 is 0. The van der Waals surface area contributed by atoms with E-state index < -0.39 is 17.7 Å². The summed E-state index contributed by atoms with van der Waals surface area (Å²) in [6, 6.07) is 4.34. The maximum absolute atomic E-state index is 11.5. The van der Waals surface area contributed by atoms with Crippen molar-refractivity contribution in [2.75, 3.05) is 25.5 Å². The first-order valence-electron chi connectivity index (χ1n) is 7.03. The summed E-state index contributed by atoms with van der Waals surface area (Å²) in [5, 5.41) is 8.38. The number of alkyl carbamates (subject to hydrolysis) is 1. The molecule has 0 aromatic heterocycles. The van der Waals surface area contributed by atoms with Gasteiger partial charge in [0.25, 0.3) is 0 Å². The summed E-state index contributed by atoms with van der Waals surface area (Å²) in [7, 11) is 1.27. The van der Waals surface area contributed by atoms with E-state index in [2.05, 4.69) is 20.5 Å². The van der Waals surface area contributed by atoms with E-state index in [-0.39, 0.29) is 12.2 Å². The Labute approximate surface area is 134 Å². The number of rotatable bonds is 6. The second-order valence-electron chi connectivity index (χ2n) is 5.67. The third-order valence-corrected chi connectivity index (χ3v) is 2.62. The molecule has 0 heterocycles. The average Bonchev–Trinajstić information content (AvgIpc) is 2.48. The first kappa shape index (κ1) is 18.4. The van der Waals surface area contributed by atoms with Gasteiger partial charge in [0, 0.05) is 13.1 Å². The zero-order valence-corrected chi connectivity index (χ0v) is 13.6. The van der Waals surface area contributed by atoms with Gasteiger partial charge in [0.2, 0.25) is 0 Å². The topological polar surface area (TPSA) is 106 Å². The van der Waals surface area contributed by atoms with E-state index in [0.717, 1.165) is 0 Å². The van der Waals surface area contributed by atoms with Crippen LogP contribution in [-0.2, 0) is 9.47 Å². The molecule has 1 aromatic rings. The largest absolute Gasteiger partial charge is 0.465 e. The Bertz CT molecular complexity index is 581. The third-order valence-electron chi connectivity index (χ3n) is 2.62. The Hall–Kier alpha value is -2.64. The van der Waals surface area contributed by atoms with Crippen LogP contribution >= 0.6 is 0 Å². The number of esters is 1. The fourth-order valence-electron chi connectivity index (χ4n) is 1.68. The van der Waals surface area contributed by atoms with Crippen LogP contribution in [0.3, 0.4) is 0 Å². The van der Waals surface area contributed by atoms with Crippen LogP contribution in [0.1, 0.15) is 31.1 Å². The predicted octanol–water partition coefficient (Wildman–Crippen LogP) is 2.81. The van der Waals surface area contributed by atoms with E-state index in [1.165, 1.54) is 25.3 Å². The van der Waals surface area contributed by atoms with Crippen molar-refractivity contribution in [3.63, 3.8) is 0 Å². The van der Waals surface area contributed by atoms with Crippen molar-refractivity contribution in [3.8, 4) is 0 Å². The molecule has 0 saturated carbocycles. The molecule has 8 nitrogen and oxygen atoms in total. The van der Waals surface area contributed by atoms with Gasteiger partial charge in [0.1, 0.15) is 11.3 Å². The van der Waals surface area contributed by atoms with Crippen molar-refractivity contribution in [3.05, 3.63) is 28.7 Å². The highest BCUT2D eigenvalue weighted by Crippen LogP contribution is 2.26. The number of carbonyl (C=O) groups excluding carboxylic acids is 2. The minimum Gasteiger partial charge on any atom is -0.465 e. The number of ether oxygens (including phenoxy) is 2. The van der Waals surface area contributed by atoms with Crippen LogP contribution < -0.4 is 10.6 Å². The number of hydrogen-bond donors (Lipinski definition) is 2. The number of nitrogens with zero attached hydrogens (tertiary/aromatic N) is 1. The molecule has 1 aromatic carbocycles. The Morgan fingerprint density at radius 3 is 2.48 bits per heavy atom. The summed E-state index contributed by atoms with van der Waals surface area (Å²) in [5.74, 6) is -0.516. The molecule has 0 spiro atoms. The van der Waals surface area contributed by atoms with Gasteiger partial charge in [-0.15, -0.1) is 4.91 Å². The van der Waals surface area contributed by atoms with E-state index in [1.54, 1.807) is 20.8 Å². The first-order chi connectivity index (χ1) is 10.8. The van der Waals surface area contributed by atoms with Gasteiger partial charge in [0.05, 0.1) is 18.4 Å². The van der Waals surface area contributed by atoms with E-state index in [1.807, 2.05) is 0 Å². The van der Waals surface area contributed by atoms with Gasteiger partial charge >= 0.3 is 12.1 Å². The number of carbonyl (C=O) groups is 2. The maximum Gasteiger partial charge on any atom is 0.407 e. The minimum atomic E-state index is -0.568. The van der Waals surface area contributed by atoms with Crippen LogP contribution in [0.4, 0.5) is 16.2 Å². The van der Waals surface area contributed by atoms with Gasteiger partial charge in [-0.3, -0.25) is 0 Å².